The Hall–Kier alpha value is -2.78. The molecular formula is C18H14ClFN4O3S. The monoisotopic (exact) mass is 420 g/mol. The van der Waals surface area contributed by atoms with Gasteiger partial charge in [0, 0.05) is 37.3 Å². The zero-order valence-corrected chi connectivity index (χ0v) is 16.0. The number of fused-ring (bicyclic) bond motifs is 1. The summed E-state index contributed by atoms with van der Waals surface area (Å²) < 4.78 is 14.6. The van der Waals surface area contributed by atoms with Crippen molar-refractivity contribution >= 4 is 49.9 Å². The van der Waals surface area contributed by atoms with Gasteiger partial charge < -0.3 is 9.80 Å². The summed E-state index contributed by atoms with van der Waals surface area (Å²) in [6, 6.07) is 8.79. The first-order chi connectivity index (χ1) is 13.4. The maximum Gasteiger partial charge on any atom is 0.282 e. The molecule has 0 unspecified atom stereocenters. The Kier molecular flexibility index (Phi) is 4.86. The Morgan fingerprint density at radius 3 is 2.64 bits per heavy atom. The van der Waals surface area contributed by atoms with Crippen LogP contribution >= 0.6 is 22.9 Å². The number of nitro groups is 1. The molecule has 144 valence electrons. The third-order valence-electron chi connectivity index (χ3n) is 4.58. The van der Waals surface area contributed by atoms with Crippen molar-refractivity contribution in [2.24, 2.45) is 0 Å². The minimum Gasteiger partial charge on any atom is -0.345 e. The van der Waals surface area contributed by atoms with E-state index in [4.69, 9.17) is 11.6 Å². The predicted molar refractivity (Wildman–Crippen MR) is 106 cm³/mol. The Morgan fingerprint density at radius 1 is 1.21 bits per heavy atom. The fourth-order valence-corrected chi connectivity index (χ4v) is 4.35. The van der Waals surface area contributed by atoms with Gasteiger partial charge in [0.15, 0.2) is 5.13 Å². The molecule has 1 fully saturated rings. The SMILES string of the molecule is O=C(c1cc(Cl)ccc1[N+](=O)[O-])N1CCN(c2nc3c(F)cccc3s2)CC1. The zero-order valence-electron chi connectivity index (χ0n) is 14.5. The molecule has 28 heavy (non-hydrogen) atoms. The van der Waals surface area contributed by atoms with E-state index in [-0.39, 0.29) is 22.1 Å². The van der Waals surface area contributed by atoms with E-state index in [9.17, 15) is 19.3 Å². The topological polar surface area (TPSA) is 79.6 Å². The molecule has 2 heterocycles. The number of amides is 1. The van der Waals surface area contributed by atoms with E-state index in [0.29, 0.717) is 36.8 Å². The largest absolute Gasteiger partial charge is 0.345 e. The van der Waals surface area contributed by atoms with Crippen LogP contribution < -0.4 is 4.90 Å². The van der Waals surface area contributed by atoms with Crippen LogP contribution in [-0.4, -0.2) is 46.9 Å². The van der Waals surface area contributed by atoms with Crippen LogP contribution in [-0.2, 0) is 0 Å². The van der Waals surface area contributed by atoms with Crippen molar-refractivity contribution in [3.05, 3.63) is 62.9 Å². The minimum absolute atomic E-state index is 0.0204. The quantitative estimate of drug-likeness (QED) is 0.473. The lowest BCUT2D eigenvalue weighted by Crippen LogP contribution is -2.48. The average molecular weight is 421 g/mol. The van der Waals surface area contributed by atoms with Gasteiger partial charge in [-0.25, -0.2) is 9.37 Å². The first-order valence-corrected chi connectivity index (χ1v) is 9.66. The number of piperazine rings is 1. The highest BCUT2D eigenvalue weighted by Crippen LogP contribution is 2.31. The van der Waals surface area contributed by atoms with Crippen LogP contribution in [0.2, 0.25) is 5.02 Å². The molecule has 4 rings (SSSR count). The number of anilines is 1. The molecule has 0 radical (unpaired) electrons. The molecule has 1 aliphatic heterocycles. The average Bonchev–Trinajstić information content (AvgIpc) is 3.13. The fraction of sp³-hybridized carbons (Fsp3) is 0.222. The minimum atomic E-state index is -0.588. The highest BCUT2D eigenvalue weighted by molar-refractivity contribution is 7.22. The molecule has 1 amide bonds. The molecule has 1 saturated heterocycles. The van der Waals surface area contributed by atoms with Gasteiger partial charge in [0.1, 0.15) is 16.9 Å². The van der Waals surface area contributed by atoms with Gasteiger partial charge in [-0.1, -0.05) is 29.0 Å². The number of benzene rings is 2. The number of aromatic nitrogens is 1. The van der Waals surface area contributed by atoms with Crippen LogP contribution in [0.3, 0.4) is 0 Å². The number of halogens is 2. The summed E-state index contributed by atoms with van der Waals surface area (Å²) in [6.07, 6.45) is 0. The predicted octanol–water partition coefficient (Wildman–Crippen LogP) is 3.96. The molecule has 3 aromatic rings. The van der Waals surface area contributed by atoms with Crippen molar-refractivity contribution in [3.63, 3.8) is 0 Å². The van der Waals surface area contributed by atoms with Crippen LogP contribution in [0.4, 0.5) is 15.2 Å². The third-order valence-corrected chi connectivity index (χ3v) is 5.90. The summed E-state index contributed by atoms with van der Waals surface area (Å²) in [7, 11) is 0. The lowest BCUT2D eigenvalue weighted by atomic mass is 10.1. The molecule has 1 aliphatic rings. The smallest absolute Gasteiger partial charge is 0.282 e. The Morgan fingerprint density at radius 2 is 1.96 bits per heavy atom. The number of para-hydroxylation sites is 1. The van der Waals surface area contributed by atoms with E-state index in [2.05, 4.69) is 4.98 Å². The van der Waals surface area contributed by atoms with E-state index < -0.39 is 10.8 Å². The molecule has 1 aromatic heterocycles. The van der Waals surface area contributed by atoms with Crippen LogP contribution in [0, 0.1) is 15.9 Å². The van der Waals surface area contributed by atoms with Crippen LogP contribution in [0.15, 0.2) is 36.4 Å². The molecule has 0 atom stereocenters. The molecule has 0 spiro atoms. The highest BCUT2D eigenvalue weighted by Gasteiger charge is 2.28. The highest BCUT2D eigenvalue weighted by atomic mass is 35.5. The lowest BCUT2D eigenvalue weighted by Gasteiger charge is -2.34. The second-order valence-corrected chi connectivity index (χ2v) is 7.73. The van der Waals surface area contributed by atoms with Gasteiger partial charge in [0.25, 0.3) is 11.6 Å². The van der Waals surface area contributed by atoms with E-state index in [1.165, 1.54) is 35.6 Å². The zero-order chi connectivity index (χ0) is 19.8. The van der Waals surface area contributed by atoms with E-state index in [1.807, 2.05) is 11.0 Å². The molecular weight excluding hydrogens is 407 g/mol. The lowest BCUT2D eigenvalue weighted by molar-refractivity contribution is -0.385. The van der Waals surface area contributed by atoms with Crippen LogP contribution in [0.5, 0.6) is 0 Å². The number of carbonyl (C=O) groups excluding carboxylic acids is 1. The van der Waals surface area contributed by atoms with Crippen LogP contribution in [0.1, 0.15) is 10.4 Å². The summed E-state index contributed by atoms with van der Waals surface area (Å²) >= 11 is 7.32. The fourth-order valence-electron chi connectivity index (χ4n) is 3.15. The van der Waals surface area contributed by atoms with Crippen molar-refractivity contribution in [2.45, 2.75) is 0 Å². The normalized spacial score (nSPS) is 14.5. The molecule has 0 bridgehead atoms. The molecule has 0 saturated carbocycles. The van der Waals surface area contributed by atoms with Crippen molar-refractivity contribution in [1.82, 2.24) is 9.88 Å². The molecule has 10 heteroatoms. The number of hydrogen-bond acceptors (Lipinski definition) is 6. The van der Waals surface area contributed by atoms with E-state index in [0.717, 1.165) is 4.70 Å². The Balaban J connectivity index is 1.51. The molecule has 7 nitrogen and oxygen atoms in total. The van der Waals surface area contributed by atoms with Crippen molar-refractivity contribution in [1.29, 1.82) is 0 Å². The van der Waals surface area contributed by atoms with Gasteiger partial charge in [0.05, 0.1) is 9.62 Å². The summed E-state index contributed by atoms with van der Waals surface area (Å²) in [4.78, 5) is 31.3. The number of rotatable bonds is 3. The Bertz CT molecular complexity index is 1080. The molecule has 2 aromatic carbocycles. The first kappa shape index (κ1) is 18.6. The van der Waals surface area contributed by atoms with Crippen LogP contribution in [0.25, 0.3) is 10.2 Å². The van der Waals surface area contributed by atoms with E-state index in [1.54, 1.807) is 11.0 Å². The van der Waals surface area contributed by atoms with Gasteiger partial charge >= 0.3 is 0 Å². The maximum absolute atomic E-state index is 13.9. The van der Waals surface area contributed by atoms with Crippen molar-refractivity contribution < 1.29 is 14.1 Å². The van der Waals surface area contributed by atoms with Gasteiger partial charge in [0.2, 0.25) is 0 Å². The van der Waals surface area contributed by atoms with E-state index >= 15 is 0 Å². The number of hydrogen-bond donors (Lipinski definition) is 0. The summed E-state index contributed by atoms with van der Waals surface area (Å²) in [6.45, 7) is 1.75. The summed E-state index contributed by atoms with van der Waals surface area (Å²) in [5.41, 5.74) is 0.0574. The third kappa shape index (κ3) is 3.38. The van der Waals surface area contributed by atoms with Crippen molar-refractivity contribution in [2.75, 3.05) is 31.1 Å². The number of nitro benzene ring substituents is 1. The maximum atomic E-state index is 13.9. The standard InChI is InChI=1S/C18H14ClFN4O3S/c19-11-4-5-14(24(26)27)12(10-11)17(25)22-6-8-23(9-7-22)18-21-16-13(20)2-1-3-15(16)28-18/h1-5,10H,6-9H2. The Labute approximate surface area is 168 Å². The van der Waals surface area contributed by atoms with Gasteiger partial charge in [-0.05, 0) is 24.3 Å². The molecule has 0 N–H and O–H groups in total. The summed E-state index contributed by atoms with van der Waals surface area (Å²) in [5.74, 6) is -0.786. The second-order valence-electron chi connectivity index (χ2n) is 6.28. The number of thiazole rings is 1. The van der Waals surface area contributed by atoms with Gasteiger partial charge in [-0.2, -0.15) is 0 Å². The molecule has 0 aliphatic carbocycles. The number of carbonyl (C=O) groups is 1. The van der Waals surface area contributed by atoms with Gasteiger partial charge in [-0.15, -0.1) is 0 Å². The van der Waals surface area contributed by atoms with Gasteiger partial charge in [-0.3, -0.25) is 14.9 Å². The number of nitrogens with zero attached hydrogens (tertiary/aromatic N) is 4. The summed E-state index contributed by atoms with van der Waals surface area (Å²) in [5, 5.41) is 12.2. The second kappa shape index (κ2) is 7.33. The van der Waals surface area contributed by atoms with Crippen molar-refractivity contribution in [3.8, 4) is 0 Å². The first-order valence-electron chi connectivity index (χ1n) is 8.47.